The molecule has 2 aromatic carbocycles. The zero-order valence-electron chi connectivity index (χ0n) is 16.2. The van der Waals surface area contributed by atoms with Crippen LogP contribution in [0.25, 0.3) is 0 Å². The van der Waals surface area contributed by atoms with E-state index in [-0.39, 0.29) is 24.3 Å². The van der Waals surface area contributed by atoms with E-state index in [0.717, 1.165) is 12.7 Å². The zero-order valence-corrected chi connectivity index (χ0v) is 16.2. The maximum absolute atomic E-state index is 12.1. The van der Waals surface area contributed by atoms with Crippen LogP contribution in [0.5, 0.6) is 0 Å². The molecule has 158 valence electrons. The number of nitrogens with zero attached hydrogens (tertiary/aromatic N) is 1. The lowest BCUT2D eigenvalue weighted by molar-refractivity contribution is -0.385. The predicted molar refractivity (Wildman–Crippen MR) is 105 cm³/mol. The first kappa shape index (κ1) is 22.3. The van der Waals surface area contributed by atoms with Crippen LogP contribution in [0.15, 0.2) is 54.6 Å². The summed E-state index contributed by atoms with van der Waals surface area (Å²) in [4.78, 5) is 46.5. The zero-order chi connectivity index (χ0) is 21.9. The average Bonchev–Trinajstić information content (AvgIpc) is 2.76. The van der Waals surface area contributed by atoms with E-state index in [1.807, 2.05) is 6.07 Å². The van der Waals surface area contributed by atoms with Crippen LogP contribution in [0.4, 0.5) is 10.5 Å². The van der Waals surface area contributed by atoms with Gasteiger partial charge in [-0.05, 0) is 5.56 Å². The lowest BCUT2D eigenvalue weighted by Crippen LogP contribution is -2.47. The first-order valence-corrected chi connectivity index (χ1v) is 8.94. The van der Waals surface area contributed by atoms with Gasteiger partial charge in [0.1, 0.15) is 19.2 Å². The van der Waals surface area contributed by atoms with Gasteiger partial charge >= 0.3 is 12.1 Å². The number of hydrogen-bond acceptors (Lipinski definition) is 7. The predicted octanol–water partition coefficient (Wildman–Crippen LogP) is 1.72. The summed E-state index contributed by atoms with van der Waals surface area (Å²) in [6.45, 7) is -0.408. The van der Waals surface area contributed by atoms with Gasteiger partial charge in [-0.3, -0.25) is 14.9 Å². The maximum atomic E-state index is 12.1. The summed E-state index contributed by atoms with van der Waals surface area (Å²) < 4.78 is 9.66. The van der Waals surface area contributed by atoms with Crippen molar-refractivity contribution in [3.63, 3.8) is 0 Å². The highest BCUT2D eigenvalue weighted by molar-refractivity contribution is 5.87. The minimum absolute atomic E-state index is 0.0384. The van der Waals surface area contributed by atoms with Crippen molar-refractivity contribution in [1.29, 1.82) is 0 Å². The molecule has 0 radical (unpaired) electrons. The van der Waals surface area contributed by atoms with E-state index in [0.29, 0.717) is 0 Å². The maximum Gasteiger partial charge on any atom is 0.407 e. The number of nitrogens with one attached hydrogen (secondary N) is 2. The van der Waals surface area contributed by atoms with Crippen molar-refractivity contribution >= 4 is 23.7 Å². The molecule has 0 aliphatic rings. The standard InChI is InChI=1S/C20H21N3O7/c1-29-19(25)16(11-15-9-5-6-10-17(15)23(27)28)22-18(24)12-21-20(26)30-13-14-7-3-2-4-8-14/h2-10,16H,11-13H2,1H3,(H,21,26)(H,22,24)/t16-/m0/s1. The Morgan fingerprint density at radius 3 is 2.40 bits per heavy atom. The summed E-state index contributed by atoms with van der Waals surface area (Å²) >= 11 is 0. The number of benzene rings is 2. The minimum Gasteiger partial charge on any atom is -0.467 e. The lowest BCUT2D eigenvalue weighted by Gasteiger charge is -2.17. The first-order valence-electron chi connectivity index (χ1n) is 8.94. The smallest absolute Gasteiger partial charge is 0.407 e. The minimum atomic E-state index is -1.16. The van der Waals surface area contributed by atoms with Gasteiger partial charge in [-0.1, -0.05) is 48.5 Å². The molecular formula is C20H21N3O7. The summed E-state index contributed by atoms with van der Waals surface area (Å²) in [7, 11) is 1.14. The van der Waals surface area contributed by atoms with Gasteiger partial charge in [0.25, 0.3) is 5.69 Å². The Morgan fingerprint density at radius 2 is 1.73 bits per heavy atom. The Bertz CT molecular complexity index is 902. The molecule has 0 aliphatic heterocycles. The summed E-state index contributed by atoms with van der Waals surface area (Å²) in [5, 5.41) is 15.8. The molecule has 0 fully saturated rings. The highest BCUT2D eigenvalue weighted by atomic mass is 16.6. The molecule has 1 atom stereocenters. The van der Waals surface area contributed by atoms with Gasteiger partial charge in [0, 0.05) is 18.1 Å². The van der Waals surface area contributed by atoms with Crippen LogP contribution in [0.1, 0.15) is 11.1 Å². The van der Waals surface area contributed by atoms with Crippen molar-refractivity contribution in [2.45, 2.75) is 19.1 Å². The second kappa shape index (κ2) is 11.1. The van der Waals surface area contributed by atoms with Crippen molar-refractivity contribution in [3.05, 3.63) is 75.8 Å². The summed E-state index contributed by atoms with van der Waals surface area (Å²) in [5.41, 5.74) is 0.865. The van der Waals surface area contributed by atoms with Crippen LogP contribution in [-0.2, 0) is 32.1 Å². The number of nitro benzene ring substituents is 1. The van der Waals surface area contributed by atoms with Crippen LogP contribution in [0, 0.1) is 10.1 Å². The van der Waals surface area contributed by atoms with Crippen molar-refractivity contribution in [1.82, 2.24) is 10.6 Å². The Hall–Kier alpha value is -3.95. The molecule has 0 unspecified atom stereocenters. The van der Waals surface area contributed by atoms with Gasteiger partial charge in [0.15, 0.2) is 0 Å². The number of carbonyl (C=O) groups is 3. The molecule has 0 spiro atoms. The molecule has 10 heteroatoms. The molecule has 0 bridgehead atoms. The van der Waals surface area contributed by atoms with Gasteiger partial charge < -0.3 is 20.1 Å². The molecule has 2 amide bonds. The molecule has 30 heavy (non-hydrogen) atoms. The monoisotopic (exact) mass is 415 g/mol. The Kier molecular flexibility index (Phi) is 8.30. The van der Waals surface area contributed by atoms with Crippen LogP contribution in [0.2, 0.25) is 0 Å². The lowest BCUT2D eigenvalue weighted by atomic mass is 10.0. The van der Waals surface area contributed by atoms with E-state index in [1.165, 1.54) is 18.2 Å². The quantitative estimate of drug-likeness (QED) is 0.361. The van der Waals surface area contributed by atoms with E-state index < -0.39 is 35.5 Å². The van der Waals surface area contributed by atoms with Crippen molar-refractivity contribution < 1.29 is 28.8 Å². The number of nitro groups is 1. The van der Waals surface area contributed by atoms with Gasteiger partial charge in [-0.25, -0.2) is 9.59 Å². The van der Waals surface area contributed by atoms with Gasteiger partial charge in [0.2, 0.25) is 5.91 Å². The largest absolute Gasteiger partial charge is 0.467 e. The second-order valence-corrected chi connectivity index (χ2v) is 6.15. The highest BCUT2D eigenvalue weighted by Gasteiger charge is 2.25. The van der Waals surface area contributed by atoms with Crippen molar-refractivity contribution in [3.8, 4) is 0 Å². The fourth-order valence-corrected chi connectivity index (χ4v) is 2.59. The number of carbonyl (C=O) groups excluding carboxylic acids is 3. The first-order chi connectivity index (χ1) is 14.4. The molecular weight excluding hydrogens is 394 g/mol. The SMILES string of the molecule is COC(=O)[C@H](Cc1ccccc1[N+](=O)[O-])NC(=O)CNC(=O)OCc1ccccc1. The molecule has 0 saturated heterocycles. The third-order valence-electron chi connectivity index (χ3n) is 4.04. The Labute approximate surface area is 172 Å². The fraction of sp³-hybridized carbons (Fsp3) is 0.250. The number of para-hydroxylation sites is 1. The van der Waals surface area contributed by atoms with Crippen LogP contribution in [-0.4, -0.2) is 42.6 Å². The van der Waals surface area contributed by atoms with E-state index in [9.17, 15) is 24.5 Å². The van der Waals surface area contributed by atoms with E-state index in [2.05, 4.69) is 15.4 Å². The van der Waals surface area contributed by atoms with E-state index in [1.54, 1.807) is 30.3 Å². The Balaban J connectivity index is 1.90. The summed E-state index contributed by atoms with van der Waals surface area (Å²) in [6.07, 6.45) is -0.948. The van der Waals surface area contributed by atoms with Crippen molar-refractivity contribution in [2.75, 3.05) is 13.7 Å². The molecule has 2 N–H and O–H groups in total. The van der Waals surface area contributed by atoms with E-state index >= 15 is 0 Å². The summed E-state index contributed by atoms with van der Waals surface area (Å²) in [5.74, 6) is -1.45. The number of amides is 2. The molecule has 0 aliphatic carbocycles. The van der Waals surface area contributed by atoms with E-state index in [4.69, 9.17) is 4.74 Å². The molecule has 0 aromatic heterocycles. The van der Waals surface area contributed by atoms with Crippen LogP contribution >= 0.6 is 0 Å². The van der Waals surface area contributed by atoms with Gasteiger partial charge in [-0.15, -0.1) is 0 Å². The third kappa shape index (κ3) is 6.89. The fourth-order valence-electron chi connectivity index (χ4n) is 2.59. The molecule has 2 aromatic rings. The van der Waals surface area contributed by atoms with Gasteiger partial charge in [0.05, 0.1) is 12.0 Å². The van der Waals surface area contributed by atoms with Crippen LogP contribution < -0.4 is 10.6 Å². The number of rotatable bonds is 9. The number of hydrogen-bond donors (Lipinski definition) is 2. The average molecular weight is 415 g/mol. The normalized spacial score (nSPS) is 11.1. The Morgan fingerprint density at radius 1 is 1.07 bits per heavy atom. The molecule has 10 nitrogen and oxygen atoms in total. The summed E-state index contributed by atoms with van der Waals surface area (Å²) in [6, 6.07) is 13.7. The third-order valence-corrected chi connectivity index (χ3v) is 4.04. The van der Waals surface area contributed by atoms with Gasteiger partial charge in [-0.2, -0.15) is 0 Å². The highest BCUT2D eigenvalue weighted by Crippen LogP contribution is 2.19. The molecule has 0 saturated carbocycles. The van der Waals surface area contributed by atoms with Crippen LogP contribution in [0.3, 0.4) is 0 Å². The topological polar surface area (TPSA) is 137 Å². The second-order valence-electron chi connectivity index (χ2n) is 6.15. The number of ether oxygens (including phenoxy) is 2. The number of esters is 1. The molecule has 0 heterocycles. The van der Waals surface area contributed by atoms with Crippen molar-refractivity contribution in [2.24, 2.45) is 0 Å². The number of methoxy groups -OCH3 is 1. The number of alkyl carbamates (subject to hydrolysis) is 1. The molecule has 2 rings (SSSR count).